The van der Waals surface area contributed by atoms with Crippen LogP contribution in [-0.4, -0.2) is 23.4 Å². The molecule has 1 aliphatic heterocycles. The van der Waals surface area contributed by atoms with Crippen LogP contribution in [0.3, 0.4) is 0 Å². The van der Waals surface area contributed by atoms with E-state index in [1.54, 1.807) is 6.92 Å². The van der Waals surface area contributed by atoms with Crippen molar-refractivity contribution in [2.75, 3.05) is 0 Å². The van der Waals surface area contributed by atoms with Crippen LogP contribution in [0.1, 0.15) is 27.7 Å². The minimum Gasteiger partial charge on any atom is -0.462 e. The van der Waals surface area contributed by atoms with Crippen LogP contribution in [0.4, 0.5) is 0 Å². The van der Waals surface area contributed by atoms with E-state index < -0.39 is 11.5 Å². The molecule has 0 bridgehead atoms. The Bertz CT molecular complexity index is 260. The number of aliphatic imine (C=N–C) groups is 1. The Kier molecular flexibility index (Phi) is 2.32. The van der Waals surface area contributed by atoms with Gasteiger partial charge in [0.25, 0.3) is 5.91 Å². The second-order valence-electron chi connectivity index (χ2n) is 3.74. The van der Waals surface area contributed by atoms with Gasteiger partial charge in [-0.3, -0.25) is 4.79 Å². The van der Waals surface area contributed by atoms with Gasteiger partial charge in [0.15, 0.2) is 5.90 Å². The Hall–Kier alpha value is -1.06. The van der Waals surface area contributed by atoms with Gasteiger partial charge in [0.2, 0.25) is 5.60 Å². The zero-order chi connectivity index (χ0) is 10.2. The zero-order valence-electron chi connectivity index (χ0n) is 8.50. The highest BCUT2D eigenvalue weighted by molar-refractivity contribution is 5.90. The summed E-state index contributed by atoms with van der Waals surface area (Å²) in [5, 5.41) is 0. The van der Waals surface area contributed by atoms with Crippen molar-refractivity contribution in [3.8, 4) is 0 Å². The predicted octanol–water partition coefficient (Wildman–Crippen LogP) is 0.704. The molecule has 1 heterocycles. The molecule has 13 heavy (non-hydrogen) atoms. The van der Waals surface area contributed by atoms with E-state index in [4.69, 9.17) is 10.5 Å². The molecule has 1 rings (SSSR count). The molecule has 0 fully saturated rings. The fraction of sp³-hybridized carbons (Fsp3) is 0.778. The topological polar surface area (TPSA) is 64.7 Å². The number of rotatable bonds is 2. The summed E-state index contributed by atoms with van der Waals surface area (Å²) in [5.41, 5.74) is 4.41. The Morgan fingerprint density at radius 3 is 2.38 bits per heavy atom. The van der Waals surface area contributed by atoms with E-state index in [2.05, 4.69) is 4.99 Å². The molecule has 74 valence electrons. The highest BCUT2D eigenvalue weighted by Crippen LogP contribution is 2.32. The molecule has 0 aromatic heterocycles. The number of nitrogens with zero attached hydrogens (tertiary/aromatic N) is 1. The smallest absolute Gasteiger partial charge is 0.264 e. The summed E-state index contributed by atoms with van der Waals surface area (Å²) < 4.78 is 5.46. The predicted molar refractivity (Wildman–Crippen MR) is 50.4 cm³/mol. The lowest BCUT2D eigenvalue weighted by Crippen LogP contribution is -2.54. The third kappa shape index (κ3) is 1.30. The van der Waals surface area contributed by atoms with Crippen LogP contribution in [0.2, 0.25) is 0 Å². The molecule has 0 spiro atoms. The van der Waals surface area contributed by atoms with Gasteiger partial charge in [0.05, 0.1) is 6.04 Å². The first kappa shape index (κ1) is 10.0. The second kappa shape index (κ2) is 3.01. The lowest BCUT2D eigenvalue weighted by molar-refractivity contribution is -0.138. The molecule has 0 radical (unpaired) electrons. The van der Waals surface area contributed by atoms with Crippen LogP contribution < -0.4 is 5.73 Å². The van der Waals surface area contributed by atoms with Crippen LogP contribution in [0.15, 0.2) is 4.99 Å². The maximum Gasteiger partial charge on any atom is 0.264 e. The highest BCUT2D eigenvalue weighted by atomic mass is 16.5. The Morgan fingerprint density at radius 2 is 2.23 bits per heavy atom. The van der Waals surface area contributed by atoms with Crippen molar-refractivity contribution in [3.63, 3.8) is 0 Å². The van der Waals surface area contributed by atoms with Crippen molar-refractivity contribution in [2.24, 2.45) is 16.6 Å². The summed E-state index contributed by atoms with van der Waals surface area (Å²) in [6.07, 6.45) is 0. The molecule has 0 aromatic carbocycles. The number of hydrogen-bond donors (Lipinski definition) is 1. The van der Waals surface area contributed by atoms with Crippen molar-refractivity contribution in [1.29, 1.82) is 0 Å². The second-order valence-corrected chi connectivity index (χ2v) is 3.74. The van der Waals surface area contributed by atoms with Crippen LogP contribution in [0, 0.1) is 5.92 Å². The van der Waals surface area contributed by atoms with Gasteiger partial charge in [-0.2, -0.15) is 0 Å². The van der Waals surface area contributed by atoms with Gasteiger partial charge in [-0.25, -0.2) is 4.99 Å². The Morgan fingerprint density at radius 1 is 1.69 bits per heavy atom. The largest absolute Gasteiger partial charge is 0.462 e. The van der Waals surface area contributed by atoms with Crippen molar-refractivity contribution >= 4 is 11.8 Å². The fourth-order valence-electron chi connectivity index (χ4n) is 1.87. The van der Waals surface area contributed by atoms with Gasteiger partial charge < -0.3 is 10.5 Å². The van der Waals surface area contributed by atoms with E-state index in [-0.39, 0.29) is 12.0 Å². The normalized spacial score (nSPS) is 33.0. The molecule has 2 N–H and O–H groups in total. The minimum absolute atomic E-state index is 0.0289. The fourth-order valence-corrected chi connectivity index (χ4v) is 1.87. The average molecular weight is 184 g/mol. The number of amides is 1. The van der Waals surface area contributed by atoms with Gasteiger partial charge in [-0.1, -0.05) is 13.8 Å². The van der Waals surface area contributed by atoms with Crippen LogP contribution >= 0.6 is 0 Å². The van der Waals surface area contributed by atoms with Crippen molar-refractivity contribution < 1.29 is 9.53 Å². The number of primary amides is 1. The third-order valence-corrected chi connectivity index (χ3v) is 2.56. The maximum absolute atomic E-state index is 11.3. The monoisotopic (exact) mass is 184 g/mol. The number of nitrogens with two attached hydrogens (primary N) is 1. The summed E-state index contributed by atoms with van der Waals surface area (Å²) in [4.78, 5) is 15.5. The first-order valence-electron chi connectivity index (χ1n) is 4.44. The van der Waals surface area contributed by atoms with Crippen LogP contribution in [-0.2, 0) is 9.53 Å². The van der Waals surface area contributed by atoms with Crippen molar-refractivity contribution in [1.82, 2.24) is 0 Å². The van der Waals surface area contributed by atoms with Gasteiger partial charge in [-0.15, -0.1) is 0 Å². The average Bonchev–Trinajstić information content (AvgIpc) is 2.26. The maximum atomic E-state index is 11.3. The van der Waals surface area contributed by atoms with Crippen LogP contribution in [0.5, 0.6) is 0 Å². The van der Waals surface area contributed by atoms with Gasteiger partial charge in [-0.05, 0) is 6.92 Å². The van der Waals surface area contributed by atoms with Gasteiger partial charge >= 0.3 is 0 Å². The summed E-state index contributed by atoms with van der Waals surface area (Å²) in [6, 6.07) is -0.190. The van der Waals surface area contributed by atoms with E-state index in [1.165, 1.54) is 0 Å². The molecular weight excluding hydrogens is 168 g/mol. The number of ether oxygens (including phenoxy) is 1. The lowest BCUT2D eigenvalue weighted by Gasteiger charge is -2.32. The van der Waals surface area contributed by atoms with Crippen molar-refractivity contribution in [2.45, 2.75) is 39.3 Å². The molecule has 2 atom stereocenters. The highest BCUT2D eigenvalue weighted by Gasteiger charge is 2.51. The van der Waals surface area contributed by atoms with Crippen LogP contribution in [0.25, 0.3) is 0 Å². The molecule has 4 heteroatoms. The molecule has 0 unspecified atom stereocenters. The van der Waals surface area contributed by atoms with E-state index in [0.29, 0.717) is 5.90 Å². The molecule has 0 saturated carbocycles. The molecule has 1 aliphatic rings. The minimum atomic E-state index is -0.940. The number of carbonyl (C=O) groups excluding carboxylic acids is 1. The van der Waals surface area contributed by atoms with E-state index in [0.717, 1.165) is 0 Å². The number of carbonyl (C=O) groups is 1. The Labute approximate surface area is 78.2 Å². The zero-order valence-corrected chi connectivity index (χ0v) is 8.50. The molecule has 0 aromatic rings. The van der Waals surface area contributed by atoms with E-state index in [9.17, 15) is 4.79 Å². The molecule has 0 aliphatic carbocycles. The summed E-state index contributed by atoms with van der Waals surface area (Å²) in [6.45, 7) is 7.41. The molecular formula is C9H16N2O2. The SMILES string of the molecule is CC1=N[C@@H](C)[C@@](C(N)=O)(C(C)C)O1. The standard InChI is InChI=1S/C9H16N2O2/c1-5(2)9(8(10)12)6(3)11-7(4)13-9/h5-6H,1-4H3,(H2,10,12)/t6-,9+/m0/s1. The van der Waals surface area contributed by atoms with Crippen molar-refractivity contribution in [3.05, 3.63) is 0 Å². The molecule has 4 nitrogen and oxygen atoms in total. The third-order valence-electron chi connectivity index (χ3n) is 2.56. The summed E-state index contributed by atoms with van der Waals surface area (Å²) in [7, 11) is 0. The summed E-state index contributed by atoms with van der Waals surface area (Å²) in [5.74, 6) is 0.136. The first-order valence-corrected chi connectivity index (χ1v) is 4.44. The van der Waals surface area contributed by atoms with Gasteiger partial charge in [0, 0.05) is 12.8 Å². The van der Waals surface area contributed by atoms with E-state index >= 15 is 0 Å². The number of hydrogen-bond acceptors (Lipinski definition) is 3. The lowest BCUT2D eigenvalue weighted by atomic mass is 9.84. The van der Waals surface area contributed by atoms with E-state index in [1.807, 2.05) is 20.8 Å². The first-order chi connectivity index (χ1) is 5.91. The van der Waals surface area contributed by atoms with Gasteiger partial charge in [0.1, 0.15) is 0 Å². The molecule has 1 amide bonds. The Balaban J connectivity index is 3.03. The summed E-state index contributed by atoms with van der Waals surface area (Å²) >= 11 is 0. The molecule has 0 saturated heterocycles. The quantitative estimate of drug-likeness (QED) is 0.686.